The van der Waals surface area contributed by atoms with Crippen molar-refractivity contribution in [2.45, 2.75) is 6.92 Å². The lowest BCUT2D eigenvalue weighted by atomic mass is 10.0. The molecule has 3 aromatic rings. The summed E-state index contributed by atoms with van der Waals surface area (Å²) in [7, 11) is 1.65. The van der Waals surface area contributed by atoms with Crippen LogP contribution in [0.15, 0.2) is 48.5 Å². The highest BCUT2D eigenvalue weighted by molar-refractivity contribution is 5.96. The summed E-state index contributed by atoms with van der Waals surface area (Å²) in [5.74, 6) is 6.52. The minimum atomic E-state index is 0.785. The van der Waals surface area contributed by atoms with Gasteiger partial charge >= 0.3 is 0 Å². The van der Waals surface area contributed by atoms with E-state index in [-0.39, 0.29) is 0 Å². The van der Waals surface area contributed by atoms with Gasteiger partial charge in [0.2, 0.25) is 0 Å². The van der Waals surface area contributed by atoms with Crippen LogP contribution in [0, 0.1) is 6.92 Å². The molecule has 0 bridgehead atoms. The second-order valence-corrected chi connectivity index (χ2v) is 4.85. The smallest absolute Gasteiger partial charge is 0.119 e. The Balaban J connectivity index is 2.31. The van der Waals surface area contributed by atoms with Crippen LogP contribution < -0.4 is 16.0 Å². The molecule has 106 valence electrons. The van der Waals surface area contributed by atoms with Gasteiger partial charge in [-0.15, -0.1) is 0 Å². The van der Waals surface area contributed by atoms with Crippen LogP contribution in [0.2, 0.25) is 0 Å². The fraction of sp³-hybridized carbons (Fsp3) is 0.118. The van der Waals surface area contributed by atoms with Gasteiger partial charge in [-0.2, -0.15) is 0 Å². The normalized spacial score (nSPS) is 10.6. The van der Waals surface area contributed by atoms with Crippen molar-refractivity contribution < 1.29 is 4.74 Å². The second-order valence-electron chi connectivity index (χ2n) is 4.85. The van der Waals surface area contributed by atoms with Crippen LogP contribution in [-0.2, 0) is 0 Å². The van der Waals surface area contributed by atoms with Crippen LogP contribution in [0.5, 0.6) is 5.75 Å². The highest BCUT2D eigenvalue weighted by Crippen LogP contribution is 2.34. The molecule has 0 aliphatic rings. The van der Waals surface area contributed by atoms with Crippen LogP contribution in [-0.4, -0.2) is 12.1 Å². The Morgan fingerprint density at radius 3 is 2.52 bits per heavy atom. The lowest BCUT2D eigenvalue weighted by molar-refractivity contribution is 0.415. The van der Waals surface area contributed by atoms with Gasteiger partial charge in [0.1, 0.15) is 5.75 Å². The van der Waals surface area contributed by atoms with E-state index in [0.717, 1.165) is 39.2 Å². The maximum Gasteiger partial charge on any atom is 0.119 e. The number of rotatable bonds is 3. The average molecular weight is 279 g/mol. The predicted octanol–water partition coefficient (Wildman–Crippen LogP) is 3.50. The Bertz CT molecular complexity index is 785. The van der Waals surface area contributed by atoms with Crippen LogP contribution in [0.1, 0.15) is 5.56 Å². The van der Waals surface area contributed by atoms with E-state index >= 15 is 0 Å². The van der Waals surface area contributed by atoms with Crippen molar-refractivity contribution in [1.29, 1.82) is 0 Å². The summed E-state index contributed by atoms with van der Waals surface area (Å²) >= 11 is 0. The van der Waals surface area contributed by atoms with Crippen molar-refractivity contribution in [3.05, 3.63) is 54.1 Å². The van der Waals surface area contributed by atoms with Gasteiger partial charge in [0.15, 0.2) is 0 Å². The quantitative estimate of drug-likeness (QED) is 0.569. The Labute approximate surface area is 123 Å². The fourth-order valence-corrected chi connectivity index (χ4v) is 2.53. The first-order valence-corrected chi connectivity index (χ1v) is 6.75. The molecule has 3 N–H and O–H groups in total. The van der Waals surface area contributed by atoms with Gasteiger partial charge in [0, 0.05) is 16.5 Å². The maximum atomic E-state index is 5.74. The van der Waals surface area contributed by atoms with Gasteiger partial charge < -0.3 is 10.2 Å². The first-order valence-electron chi connectivity index (χ1n) is 6.75. The molecule has 21 heavy (non-hydrogen) atoms. The van der Waals surface area contributed by atoms with E-state index in [1.807, 2.05) is 55.5 Å². The molecule has 0 radical (unpaired) electrons. The molecule has 0 saturated carbocycles. The third kappa shape index (κ3) is 2.30. The number of hydrogen-bond acceptors (Lipinski definition) is 4. The predicted molar refractivity (Wildman–Crippen MR) is 86.3 cm³/mol. The fourth-order valence-electron chi connectivity index (χ4n) is 2.53. The molecule has 1 heterocycles. The number of nitrogens with one attached hydrogen (secondary N) is 1. The largest absolute Gasteiger partial charge is 0.497 e. The summed E-state index contributed by atoms with van der Waals surface area (Å²) in [4.78, 5) is 4.78. The molecule has 0 amide bonds. The van der Waals surface area contributed by atoms with Gasteiger partial charge in [0.25, 0.3) is 0 Å². The number of anilines is 1. The molecule has 0 fully saturated rings. The third-order valence-electron chi connectivity index (χ3n) is 3.63. The number of methoxy groups -OCH3 is 1. The Hall–Kier alpha value is -2.59. The zero-order valence-electron chi connectivity index (χ0n) is 12.1. The Morgan fingerprint density at radius 2 is 1.86 bits per heavy atom. The number of nitrogens with zero attached hydrogens (tertiary/aromatic N) is 1. The van der Waals surface area contributed by atoms with Crippen molar-refractivity contribution in [3.63, 3.8) is 0 Å². The Kier molecular flexibility index (Phi) is 3.46. The molecule has 0 aliphatic carbocycles. The second kappa shape index (κ2) is 5.42. The minimum absolute atomic E-state index is 0.785. The van der Waals surface area contributed by atoms with Gasteiger partial charge in [0.05, 0.1) is 24.0 Å². The zero-order valence-corrected chi connectivity index (χ0v) is 12.1. The van der Waals surface area contributed by atoms with E-state index in [4.69, 9.17) is 15.6 Å². The average Bonchev–Trinajstić information content (AvgIpc) is 2.54. The number of benzene rings is 2. The number of nitrogen functional groups attached to an aromatic ring is 1. The number of hydrogen-bond donors (Lipinski definition) is 2. The van der Waals surface area contributed by atoms with E-state index in [0.29, 0.717) is 0 Å². The monoisotopic (exact) mass is 279 g/mol. The number of fused-ring (bicyclic) bond motifs is 1. The topological polar surface area (TPSA) is 60.2 Å². The van der Waals surface area contributed by atoms with Crippen molar-refractivity contribution in [2.24, 2.45) is 5.84 Å². The molecule has 0 saturated heterocycles. The SMILES string of the molecule is COc1ccc2nc(-c3ccccc3)c(C)c(NN)c2c1. The van der Waals surface area contributed by atoms with Crippen LogP contribution in [0.4, 0.5) is 5.69 Å². The summed E-state index contributed by atoms with van der Waals surface area (Å²) in [5.41, 5.74) is 7.58. The number of pyridine rings is 1. The maximum absolute atomic E-state index is 5.74. The number of aromatic nitrogens is 1. The Morgan fingerprint density at radius 1 is 1.10 bits per heavy atom. The summed E-state index contributed by atoms with van der Waals surface area (Å²) in [6, 6.07) is 15.9. The van der Waals surface area contributed by atoms with Crippen LogP contribution >= 0.6 is 0 Å². The zero-order chi connectivity index (χ0) is 14.8. The van der Waals surface area contributed by atoms with Crippen molar-refractivity contribution in [3.8, 4) is 17.0 Å². The number of ether oxygens (including phenoxy) is 1. The molecule has 4 nitrogen and oxygen atoms in total. The summed E-state index contributed by atoms with van der Waals surface area (Å²) in [5, 5.41) is 0.953. The van der Waals surface area contributed by atoms with E-state index in [9.17, 15) is 0 Å². The first kappa shape index (κ1) is 13.4. The molecule has 2 aromatic carbocycles. The molecular weight excluding hydrogens is 262 g/mol. The van der Waals surface area contributed by atoms with Crippen molar-refractivity contribution in [1.82, 2.24) is 4.98 Å². The number of nitrogens with two attached hydrogens (primary N) is 1. The molecule has 3 rings (SSSR count). The summed E-state index contributed by atoms with van der Waals surface area (Å²) < 4.78 is 5.28. The molecule has 1 aromatic heterocycles. The molecule has 0 aliphatic heterocycles. The summed E-state index contributed by atoms with van der Waals surface area (Å²) in [6.45, 7) is 2.02. The lowest BCUT2D eigenvalue weighted by Gasteiger charge is -2.14. The van der Waals surface area contributed by atoms with Crippen LogP contribution in [0.25, 0.3) is 22.2 Å². The highest BCUT2D eigenvalue weighted by atomic mass is 16.5. The summed E-state index contributed by atoms with van der Waals surface area (Å²) in [6.07, 6.45) is 0. The minimum Gasteiger partial charge on any atom is -0.497 e. The standard InChI is InChI=1S/C17H17N3O/c1-11-16(12-6-4-3-5-7-12)19-15-9-8-13(21-2)10-14(15)17(11)20-18/h3-10H,18H2,1-2H3,(H,19,20). The van der Waals surface area contributed by atoms with E-state index < -0.39 is 0 Å². The highest BCUT2D eigenvalue weighted by Gasteiger charge is 2.13. The van der Waals surface area contributed by atoms with Crippen molar-refractivity contribution >= 4 is 16.6 Å². The third-order valence-corrected chi connectivity index (χ3v) is 3.63. The first-order chi connectivity index (χ1) is 10.2. The van der Waals surface area contributed by atoms with Crippen LogP contribution in [0.3, 0.4) is 0 Å². The molecule has 0 unspecified atom stereocenters. The molecular formula is C17H17N3O. The van der Waals surface area contributed by atoms with Gasteiger partial charge in [-0.3, -0.25) is 5.84 Å². The van der Waals surface area contributed by atoms with Gasteiger partial charge in [-0.25, -0.2) is 4.98 Å². The lowest BCUT2D eigenvalue weighted by Crippen LogP contribution is -2.10. The van der Waals surface area contributed by atoms with Gasteiger partial charge in [-0.1, -0.05) is 30.3 Å². The molecule has 4 heteroatoms. The van der Waals surface area contributed by atoms with E-state index in [1.165, 1.54) is 0 Å². The van der Waals surface area contributed by atoms with Crippen molar-refractivity contribution in [2.75, 3.05) is 12.5 Å². The van der Waals surface area contributed by atoms with E-state index in [2.05, 4.69) is 5.43 Å². The molecule has 0 atom stereocenters. The number of hydrazine groups is 1. The molecule has 0 spiro atoms. The van der Waals surface area contributed by atoms with Gasteiger partial charge in [-0.05, 0) is 25.1 Å². The van der Waals surface area contributed by atoms with E-state index in [1.54, 1.807) is 7.11 Å².